The highest BCUT2D eigenvalue weighted by atomic mass is 28.3. The topological polar surface area (TPSA) is 34.1 Å². The van der Waals surface area contributed by atoms with Gasteiger partial charge in [0.1, 0.15) is 16.1 Å². The Morgan fingerprint density at radius 2 is 0.667 bits per heavy atom. The molecule has 0 atom stereocenters. The van der Waals surface area contributed by atoms with E-state index < -0.39 is 27.0 Å². The fourth-order valence-electron chi connectivity index (χ4n) is 5.84. The Bertz CT molecular complexity index is 812. The maximum absolute atomic E-state index is 12.4. The van der Waals surface area contributed by atoms with Gasteiger partial charge in [-0.1, -0.05) is 94.9 Å². The van der Waals surface area contributed by atoms with E-state index in [-0.39, 0.29) is 0 Å². The van der Waals surface area contributed by atoms with Crippen LogP contribution in [0.1, 0.15) is 94.2 Å². The molecule has 0 heterocycles. The van der Waals surface area contributed by atoms with Crippen LogP contribution in [0.2, 0.25) is 33.2 Å². The zero-order chi connectivity index (χ0) is 23.6. The summed E-state index contributed by atoms with van der Waals surface area (Å²) in [7, 11) is -3.93. The Morgan fingerprint density at radius 3 is 0.833 bits per heavy atom. The van der Waals surface area contributed by atoms with Gasteiger partial charge in [0.15, 0.2) is 0 Å². The van der Waals surface area contributed by atoms with Crippen LogP contribution in [-0.4, -0.2) is 16.1 Å². The second kappa shape index (κ2) is 9.84. The third kappa shape index (κ3) is 4.46. The predicted octanol–water partition coefficient (Wildman–Crippen LogP) is 6.42. The second-order valence-electron chi connectivity index (χ2n) is 10.7. The molecule has 0 fully saturated rings. The van der Waals surface area contributed by atoms with Gasteiger partial charge in [0.25, 0.3) is 0 Å². The normalized spacial score (nSPS) is 12.9. The summed E-state index contributed by atoms with van der Waals surface area (Å²) in [6, 6.07) is 0. The molecule has 0 bridgehead atoms. The number of hydrogen-bond donors (Lipinski definition) is 0. The summed E-state index contributed by atoms with van der Waals surface area (Å²) in [5, 5.41) is 0. The third-order valence-corrected chi connectivity index (χ3v) is 20.0. The summed E-state index contributed by atoms with van der Waals surface area (Å²) in [5.74, 6) is 6.38. The van der Waals surface area contributed by atoms with Crippen molar-refractivity contribution in [3.63, 3.8) is 0 Å². The van der Waals surface area contributed by atoms with Crippen LogP contribution in [-0.2, 0) is 0 Å². The van der Waals surface area contributed by atoms with Gasteiger partial charge in [-0.15, -0.1) is 11.1 Å². The van der Waals surface area contributed by atoms with Crippen molar-refractivity contribution in [3.05, 3.63) is 31.6 Å². The molecule has 2 nitrogen and oxygen atoms in total. The molecule has 0 aliphatic rings. The fourth-order valence-corrected chi connectivity index (χ4v) is 16.3. The highest BCUT2D eigenvalue weighted by Crippen LogP contribution is 2.41. The van der Waals surface area contributed by atoms with Crippen molar-refractivity contribution in [2.75, 3.05) is 0 Å². The predicted molar refractivity (Wildman–Crippen MR) is 137 cm³/mol. The molecule has 0 N–H and O–H groups in total. The van der Waals surface area contributed by atoms with Crippen LogP contribution in [0.4, 0.5) is 0 Å². The zero-order valence-electron chi connectivity index (χ0n) is 21.3. The maximum Gasteiger partial charge on any atom is 0.244 e. The minimum atomic E-state index is -1.97. The first kappa shape index (κ1) is 26.7. The van der Waals surface area contributed by atoms with E-state index in [4.69, 9.17) is 0 Å². The molecule has 1 aromatic rings. The standard InChI is InChI=1S/C26H42O2Si2/c1-17(2)29(18(3)4,19(5)6)15-13-23-24(26(28)25(23)27)14-16-30(20(7)8,21(9)10)22(11)12/h17-22H,1-12H3. The Morgan fingerprint density at radius 1 is 0.467 bits per heavy atom. The summed E-state index contributed by atoms with van der Waals surface area (Å²) in [5.41, 5.74) is 9.88. The van der Waals surface area contributed by atoms with Crippen molar-refractivity contribution in [2.24, 2.45) is 0 Å². The Balaban J connectivity index is 3.63. The van der Waals surface area contributed by atoms with E-state index in [1.807, 2.05) is 0 Å². The maximum atomic E-state index is 12.4. The largest absolute Gasteiger partial charge is 0.284 e. The van der Waals surface area contributed by atoms with E-state index in [1.165, 1.54) is 0 Å². The van der Waals surface area contributed by atoms with Crippen LogP contribution in [0.5, 0.6) is 0 Å². The van der Waals surface area contributed by atoms with Gasteiger partial charge >= 0.3 is 0 Å². The summed E-state index contributed by atoms with van der Waals surface area (Å²) in [6.07, 6.45) is 0. The van der Waals surface area contributed by atoms with E-state index in [0.29, 0.717) is 44.4 Å². The van der Waals surface area contributed by atoms with Crippen molar-refractivity contribution >= 4 is 16.1 Å². The first-order chi connectivity index (χ1) is 13.7. The Kier molecular flexibility index (Phi) is 8.75. The summed E-state index contributed by atoms with van der Waals surface area (Å²) < 4.78 is 0. The molecule has 0 saturated heterocycles. The van der Waals surface area contributed by atoms with Gasteiger partial charge in [-0.2, -0.15) is 0 Å². The van der Waals surface area contributed by atoms with Crippen molar-refractivity contribution in [2.45, 2.75) is 116 Å². The lowest BCUT2D eigenvalue weighted by Gasteiger charge is -2.38. The highest BCUT2D eigenvalue weighted by molar-refractivity contribution is 6.91. The summed E-state index contributed by atoms with van der Waals surface area (Å²) >= 11 is 0. The van der Waals surface area contributed by atoms with Crippen LogP contribution < -0.4 is 10.9 Å². The lowest BCUT2D eigenvalue weighted by Crippen LogP contribution is -2.44. The van der Waals surface area contributed by atoms with Crippen LogP contribution in [0, 0.1) is 22.9 Å². The van der Waals surface area contributed by atoms with Crippen molar-refractivity contribution in [3.8, 4) is 22.9 Å². The lowest BCUT2D eigenvalue weighted by atomic mass is 10.0. The molecular weight excluding hydrogens is 400 g/mol. The number of rotatable bonds is 6. The van der Waals surface area contributed by atoms with Crippen molar-refractivity contribution in [1.82, 2.24) is 0 Å². The zero-order valence-corrected chi connectivity index (χ0v) is 23.3. The fraction of sp³-hybridized carbons (Fsp3) is 0.692. The van der Waals surface area contributed by atoms with E-state index in [2.05, 4.69) is 106 Å². The summed E-state index contributed by atoms with van der Waals surface area (Å²) in [6.45, 7) is 27.0. The minimum absolute atomic E-state index is 0.366. The molecular formula is C26H42O2Si2. The molecule has 0 aliphatic carbocycles. The Hall–Kier alpha value is -1.37. The van der Waals surface area contributed by atoms with E-state index in [1.54, 1.807) is 0 Å². The van der Waals surface area contributed by atoms with Gasteiger partial charge in [0.05, 0.1) is 11.1 Å². The van der Waals surface area contributed by atoms with E-state index in [9.17, 15) is 9.59 Å². The molecule has 0 aromatic heterocycles. The van der Waals surface area contributed by atoms with Gasteiger partial charge < -0.3 is 0 Å². The van der Waals surface area contributed by atoms with E-state index >= 15 is 0 Å². The molecule has 0 aliphatic heterocycles. The van der Waals surface area contributed by atoms with Crippen LogP contribution >= 0.6 is 0 Å². The van der Waals surface area contributed by atoms with Crippen LogP contribution in [0.3, 0.4) is 0 Å². The molecule has 0 unspecified atom stereocenters. The molecule has 1 rings (SSSR count). The second-order valence-corrected chi connectivity index (χ2v) is 21.9. The first-order valence-corrected chi connectivity index (χ1v) is 16.0. The first-order valence-electron chi connectivity index (χ1n) is 11.6. The molecule has 0 saturated carbocycles. The monoisotopic (exact) mass is 442 g/mol. The Labute approximate surface area is 187 Å². The van der Waals surface area contributed by atoms with Crippen LogP contribution in [0.25, 0.3) is 0 Å². The average Bonchev–Trinajstić information content (AvgIpc) is 2.61. The third-order valence-electron chi connectivity index (χ3n) is 7.45. The van der Waals surface area contributed by atoms with E-state index in [0.717, 1.165) is 0 Å². The van der Waals surface area contributed by atoms with Gasteiger partial charge in [0.2, 0.25) is 10.9 Å². The molecule has 0 spiro atoms. The van der Waals surface area contributed by atoms with Crippen molar-refractivity contribution in [1.29, 1.82) is 0 Å². The van der Waals surface area contributed by atoms with Gasteiger partial charge in [-0.25, -0.2) is 0 Å². The highest BCUT2D eigenvalue weighted by Gasteiger charge is 2.43. The van der Waals surface area contributed by atoms with Gasteiger partial charge in [-0.3, -0.25) is 9.59 Å². The molecule has 0 radical (unpaired) electrons. The lowest BCUT2D eigenvalue weighted by molar-refractivity contribution is 0.838. The molecule has 4 heteroatoms. The van der Waals surface area contributed by atoms with Gasteiger partial charge in [0, 0.05) is 0 Å². The smallest absolute Gasteiger partial charge is 0.244 e. The molecule has 1 aromatic carbocycles. The minimum Gasteiger partial charge on any atom is -0.284 e. The average molecular weight is 443 g/mol. The molecule has 30 heavy (non-hydrogen) atoms. The quantitative estimate of drug-likeness (QED) is 0.289. The van der Waals surface area contributed by atoms with Crippen LogP contribution in [0.15, 0.2) is 9.59 Å². The molecule has 0 amide bonds. The summed E-state index contributed by atoms with van der Waals surface area (Å²) in [4.78, 5) is 24.7. The SMILES string of the molecule is CC(C)[Si](C#Cc1c(C#C[Si](C(C)C)(C(C)C)C(C)C)c(=O)c1=O)(C(C)C)C(C)C. The number of hydrogen-bond acceptors (Lipinski definition) is 2. The molecule has 166 valence electrons. The van der Waals surface area contributed by atoms with Crippen molar-refractivity contribution < 1.29 is 0 Å². The van der Waals surface area contributed by atoms with Gasteiger partial charge in [-0.05, 0) is 33.2 Å².